The van der Waals surface area contributed by atoms with Crippen LogP contribution in [0.5, 0.6) is 0 Å². The van der Waals surface area contributed by atoms with Crippen LogP contribution < -0.4 is 5.32 Å². The molecule has 0 fully saturated rings. The van der Waals surface area contributed by atoms with Gasteiger partial charge in [-0.25, -0.2) is 18.2 Å². The van der Waals surface area contributed by atoms with Gasteiger partial charge in [0, 0.05) is 23.2 Å². The maximum Gasteiger partial charge on any atom is 0.161 e. The van der Waals surface area contributed by atoms with Crippen LogP contribution in [0.2, 0.25) is 0 Å². The second-order valence-corrected chi connectivity index (χ2v) is 6.56. The van der Waals surface area contributed by atoms with Gasteiger partial charge < -0.3 is 10.3 Å². The van der Waals surface area contributed by atoms with Crippen molar-refractivity contribution in [1.29, 1.82) is 0 Å². The summed E-state index contributed by atoms with van der Waals surface area (Å²) in [5.74, 6) is -2.11. The summed E-state index contributed by atoms with van der Waals surface area (Å²) >= 11 is 0. The molecular weight excluding hydrogens is 327 g/mol. The molecule has 0 radical (unpaired) electrons. The average molecular weight is 345 g/mol. The van der Waals surface area contributed by atoms with Crippen molar-refractivity contribution in [3.8, 4) is 0 Å². The molecule has 1 aliphatic rings. The van der Waals surface area contributed by atoms with E-state index in [2.05, 4.69) is 22.2 Å². The molecule has 2 N–H and O–H groups in total. The van der Waals surface area contributed by atoms with Gasteiger partial charge in [0.25, 0.3) is 0 Å². The first-order valence-electron chi connectivity index (χ1n) is 8.47. The number of nitrogens with one attached hydrogen (secondary N) is 2. The Bertz CT molecular complexity index is 949. The van der Waals surface area contributed by atoms with Gasteiger partial charge in [-0.3, -0.25) is 0 Å². The summed E-state index contributed by atoms with van der Waals surface area (Å²) in [5, 5.41) is 3.79. The van der Waals surface area contributed by atoms with Crippen LogP contribution in [-0.2, 0) is 12.8 Å². The highest BCUT2D eigenvalue weighted by Crippen LogP contribution is 2.33. The van der Waals surface area contributed by atoms with Crippen molar-refractivity contribution in [3.05, 3.63) is 53.0 Å². The standard InChI is InChI=1S/C19H18F3N3/c1-2-10-3-5-16-12(7-10)11-4-6-18(25-19(11)24-16)23-17-9-14(21)13(20)8-15(17)22/h4,6,8-10H,2-3,5,7H2,1H3,(H2,23,24,25). The number of fused-ring (bicyclic) bond motifs is 3. The van der Waals surface area contributed by atoms with E-state index in [0.717, 1.165) is 36.4 Å². The number of pyridine rings is 1. The van der Waals surface area contributed by atoms with E-state index in [4.69, 9.17) is 0 Å². The molecule has 3 aromatic rings. The highest BCUT2D eigenvalue weighted by Gasteiger charge is 2.22. The number of aromatic nitrogens is 2. The predicted octanol–water partition coefficient (Wildman–Crippen LogP) is 5.24. The minimum Gasteiger partial charge on any atom is -0.343 e. The number of aryl methyl sites for hydroxylation is 1. The zero-order valence-corrected chi connectivity index (χ0v) is 13.8. The lowest BCUT2D eigenvalue weighted by Crippen LogP contribution is -2.12. The topological polar surface area (TPSA) is 40.7 Å². The Morgan fingerprint density at radius 3 is 2.76 bits per heavy atom. The number of H-pyrrole nitrogens is 1. The number of halogens is 3. The monoisotopic (exact) mass is 345 g/mol. The molecule has 2 heterocycles. The molecule has 2 aromatic heterocycles. The Balaban J connectivity index is 1.68. The molecule has 0 amide bonds. The summed E-state index contributed by atoms with van der Waals surface area (Å²) in [6.07, 6.45) is 4.37. The molecule has 1 aliphatic carbocycles. The van der Waals surface area contributed by atoms with Crippen LogP contribution in [0.3, 0.4) is 0 Å². The van der Waals surface area contributed by atoms with Gasteiger partial charge in [0.1, 0.15) is 17.3 Å². The third-order valence-corrected chi connectivity index (χ3v) is 5.00. The fourth-order valence-electron chi connectivity index (χ4n) is 3.54. The van der Waals surface area contributed by atoms with Gasteiger partial charge in [0.15, 0.2) is 11.6 Å². The zero-order valence-electron chi connectivity index (χ0n) is 13.8. The fraction of sp³-hybridized carbons (Fsp3) is 0.316. The lowest BCUT2D eigenvalue weighted by molar-refractivity contribution is 0.444. The van der Waals surface area contributed by atoms with Gasteiger partial charge in [-0.15, -0.1) is 0 Å². The highest BCUT2D eigenvalue weighted by atomic mass is 19.2. The summed E-state index contributed by atoms with van der Waals surface area (Å²) in [5.41, 5.74) is 3.11. The molecule has 0 spiro atoms. The molecule has 130 valence electrons. The minimum atomic E-state index is -1.21. The molecule has 0 saturated heterocycles. The molecule has 25 heavy (non-hydrogen) atoms. The molecule has 0 aliphatic heterocycles. The van der Waals surface area contributed by atoms with Crippen LogP contribution in [0.1, 0.15) is 31.0 Å². The van der Waals surface area contributed by atoms with Crippen LogP contribution in [0.4, 0.5) is 24.7 Å². The van der Waals surface area contributed by atoms with Gasteiger partial charge in [-0.05, 0) is 42.9 Å². The van der Waals surface area contributed by atoms with E-state index in [1.807, 2.05) is 6.07 Å². The first-order valence-corrected chi connectivity index (χ1v) is 8.47. The van der Waals surface area contributed by atoms with Crippen LogP contribution in [0, 0.1) is 23.4 Å². The number of anilines is 2. The van der Waals surface area contributed by atoms with Gasteiger partial charge >= 0.3 is 0 Å². The van der Waals surface area contributed by atoms with E-state index in [9.17, 15) is 13.2 Å². The van der Waals surface area contributed by atoms with Crippen molar-refractivity contribution < 1.29 is 13.2 Å². The number of rotatable bonds is 3. The van der Waals surface area contributed by atoms with Gasteiger partial charge in [-0.1, -0.05) is 13.3 Å². The van der Waals surface area contributed by atoms with Crippen LogP contribution in [-0.4, -0.2) is 9.97 Å². The molecule has 0 saturated carbocycles. The largest absolute Gasteiger partial charge is 0.343 e. The van der Waals surface area contributed by atoms with Crippen molar-refractivity contribution in [2.24, 2.45) is 5.92 Å². The zero-order chi connectivity index (χ0) is 17.6. The molecule has 1 aromatic carbocycles. The van der Waals surface area contributed by atoms with Crippen molar-refractivity contribution in [2.75, 3.05) is 5.32 Å². The average Bonchev–Trinajstić information content (AvgIpc) is 2.96. The Morgan fingerprint density at radius 2 is 1.96 bits per heavy atom. The Labute approximate surface area is 143 Å². The highest BCUT2D eigenvalue weighted by molar-refractivity contribution is 5.83. The van der Waals surface area contributed by atoms with E-state index in [1.165, 1.54) is 17.7 Å². The first kappa shape index (κ1) is 16.0. The van der Waals surface area contributed by atoms with Gasteiger partial charge in [0.05, 0.1) is 5.69 Å². The lowest BCUT2D eigenvalue weighted by Gasteiger charge is -2.20. The van der Waals surface area contributed by atoms with E-state index in [1.54, 1.807) is 6.07 Å². The summed E-state index contributed by atoms with van der Waals surface area (Å²) in [7, 11) is 0. The number of benzene rings is 1. The van der Waals surface area contributed by atoms with Gasteiger partial charge in [-0.2, -0.15) is 0 Å². The number of hydrogen-bond acceptors (Lipinski definition) is 2. The van der Waals surface area contributed by atoms with Crippen LogP contribution in [0.15, 0.2) is 24.3 Å². The first-order chi connectivity index (χ1) is 12.0. The van der Waals surface area contributed by atoms with Crippen molar-refractivity contribution in [2.45, 2.75) is 32.6 Å². The Kier molecular flexibility index (Phi) is 3.90. The van der Waals surface area contributed by atoms with Crippen LogP contribution >= 0.6 is 0 Å². The normalized spacial score (nSPS) is 16.9. The van der Waals surface area contributed by atoms with E-state index < -0.39 is 17.5 Å². The van der Waals surface area contributed by atoms with E-state index in [0.29, 0.717) is 17.8 Å². The quantitative estimate of drug-likeness (QED) is 0.638. The smallest absolute Gasteiger partial charge is 0.161 e. The summed E-state index contributed by atoms with van der Waals surface area (Å²) < 4.78 is 40.2. The second-order valence-electron chi connectivity index (χ2n) is 6.56. The third-order valence-electron chi connectivity index (χ3n) is 5.00. The maximum atomic E-state index is 13.8. The van der Waals surface area contributed by atoms with Crippen molar-refractivity contribution in [1.82, 2.24) is 9.97 Å². The molecular formula is C19H18F3N3. The Hall–Kier alpha value is -2.50. The van der Waals surface area contributed by atoms with E-state index in [-0.39, 0.29) is 5.69 Å². The SMILES string of the molecule is CCC1CCc2[nH]c3nc(Nc4cc(F)c(F)cc4F)ccc3c2C1. The molecule has 6 heteroatoms. The van der Waals surface area contributed by atoms with Gasteiger partial charge in [0.2, 0.25) is 0 Å². The number of hydrogen-bond donors (Lipinski definition) is 2. The lowest BCUT2D eigenvalue weighted by atomic mass is 9.85. The van der Waals surface area contributed by atoms with E-state index >= 15 is 0 Å². The number of aromatic amines is 1. The molecule has 4 rings (SSSR count). The fourth-order valence-corrected chi connectivity index (χ4v) is 3.54. The molecule has 1 unspecified atom stereocenters. The third kappa shape index (κ3) is 2.86. The second kappa shape index (κ2) is 6.10. The minimum absolute atomic E-state index is 0.145. The number of nitrogens with zero attached hydrogens (tertiary/aromatic N) is 1. The summed E-state index contributed by atoms with van der Waals surface area (Å²) in [6, 6.07) is 4.99. The predicted molar refractivity (Wildman–Crippen MR) is 91.5 cm³/mol. The molecule has 1 atom stereocenters. The summed E-state index contributed by atoms with van der Waals surface area (Å²) in [6.45, 7) is 2.21. The molecule has 0 bridgehead atoms. The summed E-state index contributed by atoms with van der Waals surface area (Å²) in [4.78, 5) is 7.81. The van der Waals surface area contributed by atoms with Crippen molar-refractivity contribution >= 4 is 22.5 Å². The Morgan fingerprint density at radius 1 is 1.16 bits per heavy atom. The van der Waals surface area contributed by atoms with Crippen LogP contribution in [0.25, 0.3) is 11.0 Å². The molecule has 3 nitrogen and oxygen atoms in total. The maximum absolute atomic E-state index is 13.8. The van der Waals surface area contributed by atoms with Crippen molar-refractivity contribution in [3.63, 3.8) is 0 Å².